The van der Waals surface area contributed by atoms with E-state index in [0.717, 1.165) is 29.8 Å². The molecule has 0 saturated heterocycles. The zero-order chi connectivity index (χ0) is 58.6. The lowest BCUT2D eigenvalue weighted by Crippen LogP contribution is -2.54. The molecule has 0 aromatic heterocycles. The minimum atomic E-state index is -6.86. The molecular formula is C52H34F16O8S3. The maximum atomic E-state index is 15.1. The van der Waals surface area contributed by atoms with E-state index in [0.29, 0.717) is 91.0 Å². The lowest BCUT2D eigenvalue weighted by atomic mass is 9.72. The minimum Gasteiger partial charge on any atom is -0.457 e. The Kier molecular flexibility index (Phi) is 15.8. The lowest BCUT2D eigenvalue weighted by molar-refractivity contribution is -0.290. The van der Waals surface area contributed by atoms with Gasteiger partial charge in [0, 0.05) is 6.07 Å². The average Bonchev–Trinajstić information content (AvgIpc) is 3.55. The molecule has 0 fully saturated rings. The van der Waals surface area contributed by atoms with Gasteiger partial charge in [-0.1, -0.05) is 83.9 Å². The summed E-state index contributed by atoms with van der Waals surface area (Å²) in [5, 5.41) is -12.0. The Morgan fingerprint density at radius 3 is 1.00 bits per heavy atom. The molecule has 0 unspecified atom stereocenters. The van der Waals surface area contributed by atoms with E-state index >= 15 is 26.3 Å². The van der Waals surface area contributed by atoms with Crippen molar-refractivity contribution in [3.8, 4) is 34.5 Å². The molecule has 0 heterocycles. The summed E-state index contributed by atoms with van der Waals surface area (Å²) in [7, 11) is -10.8. The number of thioether (sulfide) groups is 1. The summed E-state index contributed by atoms with van der Waals surface area (Å²) in [6.07, 6.45) is -24.4. The third-order valence-electron chi connectivity index (χ3n) is 12.0. The fraction of sp³-hybridized carbons (Fsp3) is 0.192. The van der Waals surface area contributed by atoms with Gasteiger partial charge in [-0.25, -0.2) is 8.42 Å². The Labute approximate surface area is 442 Å². The van der Waals surface area contributed by atoms with Crippen LogP contribution >= 0.6 is 11.8 Å². The molecule has 0 radical (unpaired) electrons. The summed E-state index contributed by atoms with van der Waals surface area (Å²) >= 11 is -1.28. The largest absolute Gasteiger partial charge is 0.457 e. The molecule has 0 aliphatic rings. The first-order chi connectivity index (χ1) is 36.4. The molecule has 0 aliphatic carbocycles. The zero-order valence-electron chi connectivity index (χ0n) is 39.7. The highest BCUT2D eigenvalue weighted by Gasteiger charge is 2.74. The fourth-order valence-corrected chi connectivity index (χ4v) is 10.8. The van der Waals surface area contributed by atoms with Gasteiger partial charge in [-0.3, -0.25) is 4.55 Å². The highest BCUT2D eigenvalue weighted by atomic mass is 32.2. The van der Waals surface area contributed by atoms with Crippen molar-refractivity contribution >= 4 is 31.7 Å². The normalized spacial score (nSPS) is 13.5. The van der Waals surface area contributed by atoms with Gasteiger partial charge in [0.25, 0.3) is 0 Å². The molecule has 8 nitrogen and oxygen atoms in total. The van der Waals surface area contributed by atoms with Crippen molar-refractivity contribution < 1.29 is 106 Å². The Morgan fingerprint density at radius 2 is 0.658 bits per heavy atom. The molecule has 1 N–H and O–H groups in total. The van der Waals surface area contributed by atoms with Gasteiger partial charge < -0.3 is 14.2 Å². The highest BCUT2D eigenvalue weighted by Crippen LogP contribution is 2.59. The second kappa shape index (κ2) is 20.9. The van der Waals surface area contributed by atoms with Gasteiger partial charge >= 0.3 is 45.3 Å². The molecule has 7 rings (SSSR count). The molecule has 0 spiro atoms. The van der Waals surface area contributed by atoms with Crippen molar-refractivity contribution in [2.45, 2.75) is 74.6 Å². The fourth-order valence-electron chi connectivity index (χ4n) is 8.09. The number of aryl methyl sites for hydroxylation is 2. The van der Waals surface area contributed by atoms with E-state index < -0.39 is 128 Å². The van der Waals surface area contributed by atoms with E-state index in [1.807, 2.05) is 0 Å². The number of ether oxygens (including phenoxy) is 3. The number of halogens is 16. The van der Waals surface area contributed by atoms with E-state index in [9.17, 15) is 60.7 Å². The molecule has 0 amide bonds. The van der Waals surface area contributed by atoms with Crippen LogP contribution in [0.4, 0.5) is 70.2 Å². The second-order valence-electron chi connectivity index (χ2n) is 17.2. The number of hydrogen-bond acceptors (Lipinski definition) is 8. The summed E-state index contributed by atoms with van der Waals surface area (Å²) in [4.78, 5) is -1.35. The first kappa shape index (κ1) is 59.7. The third kappa shape index (κ3) is 11.3. The summed E-state index contributed by atoms with van der Waals surface area (Å²) in [6, 6.07) is 21.4. The lowest BCUT2D eigenvalue weighted by Gasteiger charge is -2.38. The van der Waals surface area contributed by atoms with Crippen LogP contribution in [0.5, 0.6) is 34.5 Å². The number of alkyl halides is 16. The minimum absolute atomic E-state index is 0.0245. The van der Waals surface area contributed by atoms with Crippen LogP contribution in [-0.2, 0) is 30.8 Å². The molecule has 420 valence electrons. The number of rotatable bonds is 16. The smallest absolute Gasteiger partial charge is 0.442 e. The quantitative estimate of drug-likeness (QED) is 0.0573. The number of sulfone groups is 1. The molecule has 0 aliphatic heterocycles. The van der Waals surface area contributed by atoms with Gasteiger partial charge in [0.05, 0.1) is 14.7 Å². The van der Waals surface area contributed by atoms with Gasteiger partial charge in [-0.05, 0) is 133 Å². The summed E-state index contributed by atoms with van der Waals surface area (Å²) in [6.45, 7) is 3.13. The van der Waals surface area contributed by atoms with Crippen molar-refractivity contribution in [2.24, 2.45) is 0 Å². The standard InChI is InChI=1S/C52H34F16O8S3/c1-30-3-7-32(8-4-30)45(47(53,54)55,48(56,57)58)35-13-19-39(20-14-35)76-43-29-40(23-28-44(43)77-51(65,66)52(67,68)79(71,72)73)75-37-17-11-34(12-18-37)46(49(59,60)61,50(62,63)64)33-9-15-36(16-10-33)74-38-21-26-42(27-22-38)78(69,70)41-24-5-31(2)6-25-41/h3-29H,1-2H3,(H,71,72,73). The predicted molar refractivity (Wildman–Crippen MR) is 253 cm³/mol. The van der Waals surface area contributed by atoms with Crippen molar-refractivity contribution in [2.75, 3.05) is 0 Å². The molecule has 7 aromatic carbocycles. The molecule has 27 heteroatoms. The Balaban J connectivity index is 1.20. The maximum absolute atomic E-state index is 15.1. The highest BCUT2D eigenvalue weighted by molar-refractivity contribution is 8.01. The molecular weight excluding hydrogens is 1150 g/mol. The molecule has 0 bridgehead atoms. The first-order valence-electron chi connectivity index (χ1n) is 22.0. The van der Waals surface area contributed by atoms with Gasteiger partial charge in [0.2, 0.25) is 20.7 Å². The summed E-state index contributed by atoms with van der Waals surface area (Å²) in [5.74, 6) is -3.45. The van der Waals surface area contributed by atoms with Crippen LogP contribution in [0.3, 0.4) is 0 Å². The SMILES string of the molecule is Cc1ccc(C(c2ccc(Oc3cc(Oc4ccc(C(c5ccc(Oc6ccc(S(=O)(=O)c7ccc(C)cc7)cc6)cc5)(C(F)(F)F)C(F)(F)F)cc4)ccc3SC(F)(F)C(F)(F)S(=O)(=O)O)cc2)(C(F)(F)F)C(F)(F)F)cc1. The van der Waals surface area contributed by atoms with Crippen LogP contribution in [0.15, 0.2) is 178 Å². The van der Waals surface area contributed by atoms with Crippen molar-refractivity contribution in [3.63, 3.8) is 0 Å². The van der Waals surface area contributed by atoms with E-state index in [2.05, 4.69) is 0 Å². The van der Waals surface area contributed by atoms with E-state index in [1.165, 1.54) is 43.3 Å². The zero-order valence-corrected chi connectivity index (χ0v) is 42.1. The second-order valence-corrected chi connectivity index (χ2v) is 21.8. The molecule has 79 heavy (non-hydrogen) atoms. The van der Waals surface area contributed by atoms with Crippen molar-refractivity contribution in [1.29, 1.82) is 0 Å². The van der Waals surface area contributed by atoms with E-state index in [-0.39, 0.29) is 26.9 Å². The van der Waals surface area contributed by atoms with Crippen molar-refractivity contribution in [3.05, 3.63) is 197 Å². The molecule has 0 atom stereocenters. The number of benzene rings is 7. The number of hydrogen-bond donors (Lipinski definition) is 1. The summed E-state index contributed by atoms with van der Waals surface area (Å²) in [5.41, 5.74) is -13.9. The topological polar surface area (TPSA) is 116 Å². The van der Waals surface area contributed by atoms with E-state index in [1.54, 1.807) is 19.1 Å². The Hall–Kier alpha value is -6.97. The van der Waals surface area contributed by atoms with Gasteiger partial charge in [0.1, 0.15) is 34.5 Å². The van der Waals surface area contributed by atoms with Gasteiger partial charge in [-0.2, -0.15) is 78.7 Å². The Bertz CT molecular complexity index is 3500. The van der Waals surface area contributed by atoms with Crippen LogP contribution in [0.1, 0.15) is 33.4 Å². The Morgan fingerprint density at radius 1 is 0.380 bits per heavy atom. The van der Waals surface area contributed by atoms with Crippen LogP contribution in [-0.4, -0.2) is 56.6 Å². The van der Waals surface area contributed by atoms with Crippen LogP contribution in [0.25, 0.3) is 0 Å². The van der Waals surface area contributed by atoms with Crippen LogP contribution < -0.4 is 14.2 Å². The van der Waals surface area contributed by atoms with Gasteiger partial charge in [0.15, 0.2) is 0 Å². The predicted octanol–water partition coefficient (Wildman–Crippen LogP) is 16.5. The summed E-state index contributed by atoms with van der Waals surface area (Å²) < 4.78 is 312. The third-order valence-corrected chi connectivity index (χ3v) is 15.9. The van der Waals surface area contributed by atoms with Gasteiger partial charge in [-0.15, -0.1) is 0 Å². The van der Waals surface area contributed by atoms with E-state index in [4.69, 9.17) is 18.8 Å². The van der Waals surface area contributed by atoms with Crippen molar-refractivity contribution in [1.82, 2.24) is 0 Å². The first-order valence-corrected chi connectivity index (χ1v) is 25.8. The van der Waals surface area contributed by atoms with Crippen LogP contribution in [0, 0.1) is 13.8 Å². The molecule has 0 saturated carbocycles. The molecule has 7 aromatic rings. The maximum Gasteiger partial charge on any atom is 0.442 e. The monoisotopic (exact) mass is 1190 g/mol. The van der Waals surface area contributed by atoms with Crippen LogP contribution in [0.2, 0.25) is 0 Å². The average molecular weight is 1190 g/mol.